The minimum Gasteiger partial charge on any atom is -0.313 e. The van der Waals surface area contributed by atoms with Crippen molar-refractivity contribution in [1.29, 1.82) is 0 Å². The van der Waals surface area contributed by atoms with Gasteiger partial charge in [-0.05, 0) is 43.7 Å². The quantitative estimate of drug-likeness (QED) is 0.709. The highest BCUT2D eigenvalue weighted by molar-refractivity contribution is 6.00. The molecule has 3 atom stereocenters. The molecule has 0 aromatic heterocycles. The van der Waals surface area contributed by atoms with E-state index in [9.17, 15) is 4.79 Å². The van der Waals surface area contributed by atoms with Crippen LogP contribution in [0.5, 0.6) is 0 Å². The smallest absolute Gasteiger partial charge is 0.163 e. The highest BCUT2D eigenvalue weighted by atomic mass is 16.1. The molecule has 0 aromatic carbocycles. The molecule has 4 rings (SSSR count). The second kappa shape index (κ2) is 3.80. The lowest BCUT2D eigenvalue weighted by molar-refractivity contribution is -0.118. The van der Waals surface area contributed by atoms with Crippen LogP contribution in [0, 0.1) is 11.3 Å². The molecular weight excluding hydrogens is 222 g/mol. The number of hydrogen-bond donors (Lipinski definition) is 1. The third-order valence-corrected chi connectivity index (χ3v) is 5.72. The molecule has 1 saturated carbocycles. The summed E-state index contributed by atoms with van der Waals surface area (Å²) >= 11 is 0. The summed E-state index contributed by atoms with van der Waals surface area (Å²) in [7, 11) is 0. The summed E-state index contributed by atoms with van der Waals surface area (Å²) < 4.78 is 0. The third-order valence-electron chi connectivity index (χ3n) is 5.72. The van der Waals surface area contributed by atoms with Crippen LogP contribution in [0.4, 0.5) is 0 Å². The first-order chi connectivity index (χ1) is 8.81. The van der Waals surface area contributed by atoms with Gasteiger partial charge in [-0.15, -0.1) is 0 Å². The number of carbonyl (C=O) groups excluding carboxylic acids is 1. The molecule has 2 nitrogen and oxygen atoms in total. The number of hydrogen-bond acceptors (Lipinski definition) is 2. The molecule has 1 heterocycles. The third kappa shape index (κ3) is 1.30. The van der Waals surface area contributed by atoms with Crippen molar-refractivity contribution in [2.75, 3.05) is 6.54 Å². The van der Waals surface area contributed by atoms with Gasteiger partial charge in [-0.1, -0.05) is 25.0 Å². The van der Waals surface area contributed by atoms with Crippen LogP contribution in [-0.2, 0) is 4.79 Å². The topological polar surface area (TPSA) is 29.1 Å². The molecule has 0 aromatic rings. The Balaban J connectivity index is 1.89. The van der Waals surface area contributed by atoms with Gasteiger partial charge in [-0.3, -0.25) is 4.79 Å². The number of rotatable bonds is 0. The maximum absolute atomic E-state index is 12.4. The fourth-order valence-electron chi connectivity index (χ4n) is 5.11. The number of piperidine rings is 1. The molecule has 0 radical (unpaired) electrons. The summed E-state index contributed by atoms with van der Waals surface area (Å²) in [5.41, 5.74) is 2.87. The van der Waals surface area contributed by atoms with Gasteiger partial charge in [-0.25, -0.2) is 0 Å². The second-order valence-electron chi connectivity index (χ2n) is 6.45. The first-order valence-corrected chi connectivity index (χ1v) is 7.48. The summed E-state index contributed by atoms with van der Waals surface area (Å²) in [4.78, 5) is 12.4. The van der Waals surface area contributed by atoms with Crippen molar-refractivity contribution in [3.05, 3.63) is 23.3 Å². The predicted octanol–water partition coefficient (Wildman–Crippen LogP) is 2.75. The van der Waals surface area contributed by atoms with Gasteiger partial charge in [-0.2, -0.15) is 0 Å². The molecule has 1 saturated heterocycles. The lowest BCUT2D eigenvalue weighted by atomic mass is 9.51. The first-order valence-electron chi connectivity index (χ1n) is 7.48. The maximum Gasteiger partial charge on any atom is 0.163 e. The molecular formula is C16H21NO. The second-order valence-corrected chi connectivity index (χ2v) is 6.45. The highest BCUT2D eigenvalue weighted by Gasteiger charge is 2.54. The molecule has 2 heteroatoms. The lowest BCUT2D eigenvalue weighted by Gasteiger charge is -2.56. The van der Waals surface area contributed by atoms with Crippen molar-refractivity contribution >= 4 is 5.78 Å². The number of nitrogens with one attached hydrogen (secondary N) is 1. The van der Waals surface area contributed by atoms with Crippen molar-refractivity contribution in [3.8, 4) is 0 Å². The van der Waals surface area contributed by atoms with Gasteiger partial charge in [0.2, 0.25) is 0 Å². The summed E-state index contributed by atoms with van der Waals surface area (Å²) in [5.74, 6) is 1.16. The van der Waals surface area contributed by atoms with Gasteiger partial charge in [0.05, 0.1) is 0 Å². The SMILES string of the molecule is O=C1CC=CC2=C1[C@@]13CCCC[C@H]1[C@@H](C2)NCC3. The zero-order valence-corrected chi connectivity index (χ0v) is 10.9. The molecule has 4 aliphatic rings. The largest absolute Gasteiger partial charge is 0.313 e. The van der Waals surface area contributed by atoms with Crippen LogP contribution in [0.1, 0.15) is 44.9 Å². The summed E-state index contributed by atoms with van der Waals surface area (Å²) in [5, 5.41) is 3.71. The van der Waals surface area contributed by atoms with Gasteiger partial charge in [0.15, 0.2) is 5.78 Å². The van der Waals surface area contributed by atoms with E-state index < -0.39 is 0 Å². The van der Waals surface area contributed by atoms with E-state index in [1.54, 1.807) is 0 Å². The van der Waals surface area contributed by atoms with E-state index in [0.717, 1.165) is 18.9 Å². The van der Waals surface area contributed by atoms with Gasteiger partial charge in [0, 0.05) is 23.5 Å². The van der Waals surface area contributed by atoms with E-state index in [2.05, 4.69) is 17.5 Å². The van der Waals surface area contributed by atoms with Crippen LogP contribution in [0.15, 0.2) is 23.3 Å². The average molecular weight is 243 g/mol. The van der Waals surface area contributed by atoms with Crippen molar-refractivity contribution in [2.45, 2.75) is 51.0 Å². The van der Waals surface area contributed by atoms with Crippen molar-refractivity contribution < 1.29 is 4.79 Å². The standard InChI is InChI=1S/C16H21NO/c18-14-6-3-4-11-10-13-12-5-1-2-7-16(12,15(11)14)8-9-17-13/h3-4,12-13,17H,1-2,5-10H2/t12-,13+,16+/m0/s1. The summed E-state index contributed by atoms with van der Waals surface area (Å²) in [6.07, 6.45) is 12.5. The van der Waals surface area contributed by atoms with Gasteiger partial charge < -0.3 is 5.32 Å². The molecule has 18 heavy (non-hydrogen) atoms. The van der Waals surface area contributed by atoms with Gasteiger partial charge >= 0.3 is 0 Å². The number of ketones is 1. The molecule has 0 amide bonds. The maximum atomic E-state index is 12.4. The Bertz CT molecular complexity index is 458. The Kier molecular flexibility index (Phi) is 2.32. The zero-order chi connectivity index (χ0) is 12.2. The Morgan fingerprint density at radius 3 is 3.17 bits per heavy atom. The Labute approximate surface area is 109 Å². The lowest BCUT2D eigenvalue weighted by Crippen LogP contribution is -2.58. The van der Waals surface area contributed by atoms with Crippen molar-refractivity contribution in [3.63, 3.8) is 0 Å². The molecule has 1 N–H and O–H groups in total. The highest BCUT2D eigenvalue weighted by Crippen LogP contribution is 2.57. The monoisotopic (exact) mass is 243 g/mol. The molecule has 3 aliphatic carbocycles. The Morgan fingerprint density at radius 1 is 1.28 bits per heavy atom. The van der Waals surface area contributed by atoms with Crippen LogP contribution in [0.3, 0.4) is 0 Å². The minimum atomic E-state index is 0.254. The Morgan fingerprint density at radius 2 is 2.22 bits per heavy atom. The zero-order valence-electron chi connectivity index (χ0n) is 10.9. The summed E-state index contributed by atoms with van der Waals surface area (Å²) in [6, 6.07) is 0.633. The molecule has 0 unspecified atom stereocenters. The molecule has 96 valence electrons. The van der Waals surface area contributed by atoms with E-state index >= 15 is 0 Å². The van der Waals surface area contributed by atoms with Crippen LogP contribution < -0.4 is 5.32 Å². The van der Waals surface area contributed by atoms with Crippen LogP contribution in [0.25, 0.3) is 0 Å². The van der Waals surface area contributed by atoms with Gasteiger partial charge in [0.25, 0.3) is 0 Å². The average Bonchev–Trinajstić information content (AvgIpc) is 2.38. The predicted molar refractivity (Wildman–Crippen MR) is 71.2 cm³/mol. The number of Topliss-reactive ketones (excluding diaryl/α,β-unsaturated/α-hetero) is 1. The van der Waals surface area contributed by atoms with E-state index in [0.29, 0.717) is 18.2 Å². The van der Waals surface area contributed by atoms with Crippen molar-refractivity contribution in [1.82, 2.24) is 5.32 Å². The van der Waals surface area contributed by atoms with Crippen molar-refractivity contribution in [2.24, 2.45) is 11.3 Å². The fraction of sp³-hybridized carbons (Fsp3) is 0.688. The Hall–Kier alpha value is -0.890. The van der Waals surface area contributed by atoms with Gasteiger partial charge in [0.1, 0.15) is 0 Å². The van der Waals surface area contributed by atoms with Crippen LogP contribution in [0.2, 0.25) is 0 Å². The fourth-order valence-corrected chi connectivity index (χ4v) is 5.11. The van der Waals surface area contributed by atoms with E-state index in [-0.39, 0.29) is 5.41 Å². The molecule has 0 spiro atoms. The van der Waals surface area contributed by atoms with Crippen LogP contribution in [-0.4, -0.2) is 18.4 Å². The molecule has 2 bridgehead atoms. The van der Waals surface area contributed by atoms with E-state index in [4.69, 9.17) is 0 Å². The molecule has 1 aliphatic heterocycles. The first kappa shape index (κ1) is 11.0. The van der Waals surface area contributed by atoms with E-state index in [1.165, 1.54) is 43.3 Å². The number of carbonyl (C=O) groups is 1. The summed E-state index contributed by atoms with van der Waals surface area (Å²) in [6.45, 7) is 1.11. The van der Waals surface area contributed by atoms with E-state index in [1.807, 2.05) is 0 Å². The number of allylic oxidation sites excluding steroid dienone is 3. The normalized spacial score (nSPS) is 42.6. The minimum absolute atomic E-state index is 0.254. The molecule has 2 fully saturated rings. The van der Waals surface area contributed by atoms with Crippen LogP contribution >= 0.6 is 0 Å².